The predicted molar refractivity (Wildman–Crippen MR) is 66.8 cm³/mol. The third-order valence-corrected chi connectivity index (χ3v) is 2.98. The summed E-state index contributed by atoms with van der Waals surface area (Å²) in [5, 5.41) is 18.6. The molecule has 0 aromatic heterocycles. The SMILES string of the molecule is O=C1OC(CCCCO)C(c2ccccc2)=C1O. The number of unbranched alkanes of at least 4 members (excludes halogenated alkanes) is 1. The van der Waals surface area contributed by atoms with Crippen molar-refractivity contribution in [2.24, 2.45) is 0 Å². The average Bonchev–Trinajstić information content (AvgIpc) is 2.67. The van der Waals surface area contributed by atoms with Gasteiger partial charge in [-0.15, -0.1) is 0 Å². The van der Waals surface area contributed by atoms with Gasteiger partial charge in [0.2, 0.25) is 5.76 Å². The summed E-state index contributed by atoms with van der Waals surface area (Å²) in [5.41, 5.74) is 1.35. The van der Waals surface area contributed by atoms with Crippen molar-refractivity contribution in [2.75, 3.05) is 6.61 Å². The first-order chi connectivity index (χ1) is 8.74. The molecule has 0 fully saturated rings. The second kappa shape index (κ2) is 5.69. The molecule has 0 spiro atoms. The van der Waals surface area contributed by atoms with Crippen LogP contribution in [0.5, 0.6) is 0 Å². The molecule has 2 rings (SSSR count). The molecule has 18 heavy (non-hydrogen) atoms. The third kappa shape index (κ3) is 2.54. The Morgan fingerprint density at radius 3 is 2.56 bits per heavy atom. The van der Waals surface area contributed by atoms with Gasteiger partial charge in [0.25, 0.3) is 0 Å². The normalized spacial score (nSPS) is 19.2. The van der Waals surface area contributed by atoms with Crippen LogP contribution in [0.2, 0.25) is 0 Å². The third-order valence-electron chi connectivity index (χ3n) is 2.98. The van der Waals surface area contributed by atoms with Crippen molar-refractivity contribution in [1.29, 1.82) is 0 Å². The van der Waals surface area contributed by atoms with E-state index in [-0.39, 0.29) is 12.4 Å². The Morgan fingerprint density at radius 1 is 1.17 bits per heavy atom. The molecule has 1 heterocycles. The average molecular weight is 248 g/mol. The van der Waals surface area contributed by atoms with Gasteiger partial charge in [-0.3, -0.25) is 0 Å². The van der Waals surface area contributed by atoms with Crippen LogP contribution in [0.4, 0.5) is 0 Å². The zero-order chi connectivity index (χ0) is 13.0. The molecule has 0 amide bonds. The number of aliphatic hydroxyl groups is 2. The van der Waals surface area contributed by atoms with Crippen molar-refractivity contribution in [1.82, 2.24) is 0 Å². The summed E-state index contributed by atoms with van der Waals surface area (Å²) >= 11 is 0. The number of rotatable bonds is 5. The summed E-state index contributed by atoms with van der Waals surface area (Å²) in [7, 11) is 0. The Labute approximate surface area is 106 Å². The van der Waals surface area contributed by atoms with Crippen LogP contribution in [0.25, 0.3) is 5.57 Å². The number of aliphatic hydroxyl groups excluding tert-OH is 2. The molecule has 2 N–H and O–H groups in total. The summed E-state index contributed by atoms with van der Waals surface area (Å²) < 4.78 is 5.14. The van der Waals surface area contributed by atoms with Gasteiger partial charge in [-0.05, 0) is 24.8 Å². The molecule has 0 aliphatic carbocycles. The fourth-order valence-electron chi connectivity index (χ4n) is 2.09. The minimum Gasteiger partial charge on any atom is -0.502 e. The highest BCUT2D eigenvalue weighted by atomic mass is 16.6. The van der Waals surface area contributed by atoms with E-state index in [4.69, 9.17) is 9.84 Å². The van der Waals surface area contributed by atoms with Crippen molar-refractivity contribution in [3.8, 4) is 0 Å². The van der Waals surface area contributed by atoms with Crippen LogP contribution < -0.4 is 0 Å². The van der Waals surface area contributed by atoms with Crippen molar-refractivity contribution in [3.05, 3.63) is 41.7 Å². The van der Waals surface area contributed by atoms with E-state index in [1.807, 2.05) is 30.3 Å². The van der Waals surface area contributed by atoms with Crippen LogP contribution >= 0.6 is 0 Å². The van der Waals surface area contributed by atoms with Gasteiger partial charge in [-0.2, -0.15) is 0 Å². The highest BCUT2D eigenvalue weighted by molar-refractivity contribution is 6.00. The number of cyclic esters (lactones) is 1. The lowest BCUT2D eigenvalue weighted by atomic mass is 9.97. The van der Waals surface area contributed by atoms with Gasteiger partial charge in [-0.1, -0.05) is 30.3 Å². The van der Waals surface area contributed by atoms with Crippen LogP contribution in [-0.4, -0.2) is 28.9 Å². The monoisotopic (exact) mass is 248 g/mol. The van der Waals surface area contributed by atoms with E-state index in [0.717, 1.165) is 12.0 Å². The number of hydrogen-bond acceptors (Lipinski definition) is 4. The van der Waals surface area contributed by atoms with Gasteiger partial charge in [0.1, 0.15) is 6.10 Å². The lowest BCUT2D eigenvalue weighted by molar-refractivity contribution is -0.142. The maximum atomic E-state index is 11.4. The molecule has 1 atom stereocenters. The highest BCUT2D eigenvalue weighted by Gasteiger charge is 2.34. The first-order valence-corrected chi connectivity index (χ1v) is 6.04. The van der Waals surface area contributed by atoms with Crippen LogP contribution in [0.15, 0.2) is 36.1 Å². The van der Waals surface area contributed by atoms with E-state index >= 15 is 0 Å². The minimum absolute atomic E-state index is 0.122. The van der Waals surface area contributed by atoms with Gasteiger partial charge >= 0.3 is 5.97 Å². The maximum Gasteiger partial charge on any atom is 0.374 e. The zero-order valence-corrected chi connectivity index (χ0v) is 10.0. The summed E-state index contributed by atoms with van der Waals surface area (Å²) in [6.07, 6.45) is 1.61. The molecule has 4 nitrogen and oxygen atoms in total. The first kappa shape index (κ1) is 12.6. The Hall–Kier alpha value is -1.81. The highest BCUT2D eigenvalue weighted by Crippen LogP contribution is 2.32. The number of benzene rings is 1. The van der Waals surface area contributed by atoms with Gasteiger partial charge in [0, 0.05) is 12.2 Å². The molecule has 1 aromatic carbocycles. The fraction of sp³-hybridized carbons (Fsp3) is 0.357. The summed E-state index contributed by atoms with van der Waals surface area (Å²) in [6.45, 7) is 0.122. The van der Waals surface area contributed by atoms with Gasteiger partial charge in [0.15, 0.2) is 0 Å². The van der Waals surface area contributed by atoms with Crippen LogP contribution in [0.3, 0.4) is 0 Å². The van der Waals surface area contributed by atoms with Crippen molar-refractivity contribution >= 4 is 11.5 Å². The quantitative estimate of drug-likeness (QED) is 0.618. The molecule has 4 heteroatoms. The van der Waals surface area contributed by atoms with E-state index in [9.17, 15) is 9.90 Å². The van der Waals surface area contributed by atoms with Gasteiger partial charge < -0.3 is 14.9 Å². The van der Waals surface area contributed by atoms with E-state index in [0.29, 0.717) is 18.4 Å². The van der Waals surface area contributed by atoms with Crippen LogP contribution in [0, 0.1) is 0 Å². The molecule has 1 aliphatic rings. The van der Waals surface area contributed by atoms with E-state index in [2.05, 4.69) is 0 Å². The maximum absolute atomic E-state index is 11.4. The fourth-order valence-corrected chi connectivity index (χ4v) is 2.09. The smallest absolute Gasteiger partial charge is 0.374 e. The number of hydrogen-bond donors (Lipinski definition) is 2. The Morgan fingerprint density at radius 2 is 1.89 bits per heavy atom. The molecular weight excluding hydrogens is 232 g/mol. The molecule has 1 aliphatic heterocycles. The first-order valence-electron chi connectivity index (χ1n) is 6.04. The zero-order valence-electron chi connectivity index (χ0n) is 10.0. The lowest BCUT2D eigenvalue weighted by Crippen LogP contribution is -2.11. The molecule has 0 saturated carbocycles. The molecule has 96 valence electrons. The second-order valence-corrected chi connectivity index (χ2v) is 4.24. The lowest BCUT2D eigenvalue weighted by Gasteiger charge is -2.13. The number of ether oxygens (including phenoxy) is 1. The number of carbonyl (C=O) groups excluding carboxylic acids is 1. The Balaban J connectivity index is 2.20. The predicted octanol–water partition coefficient (Wildman–Crippen LogP) is 2.04. The minimum atomic E-state index is -0.664. The Kier molecular flexibility index (Phi) is 3.99. The molecule has 1 aromatic rings. The summed E-state index contributed by atoms with van der Waals surface area (Å²) in [6, 6.07) is 9.25. The Bertz CT molecular complexity index is 450. The van der Waals surface area contributed by atoms with E-state index < -0.39 is 12.1 Å². The van der Waals surface area contributed by atoms with E-state index in [1.165, 1.54) is 0 Å². The molecular formula is C14H16O4. The number of carbonyl (C=O) groups is 1. The molecule has 0 bridgehead atoms. The van der Waals surface area contributed by atoms with E-state index in [1.54, 1.807) is 0 Å². The van der Waals surface area contributed by atoms with Crippen LogP contribution in [0.1, 0.15) is 24.8 Å². The van der Waals surface area contributed by atoms with Crippen molar-refractivity contribution in [2.45, 2.75) is 25.4 Å². The molecule has 0 radical (unpaired) electrons. The van der Waals surface area contributed by atoms with Crippen LogP contribution in [-0.2, 0) is 9.53 Å². The second-order valence-electron chi connectivity index (χ2n) is 4.24. The standard InChI is InChI=1S/C14H16O4/c15-9-5-4-8-11-12(13(16)14(17)18-11)10-6-2-1-3-7-10/h1-3,6-7,11,15-16H,4-5,8-9H2. The largest absolute Gasteiger partial charge is 0.502 e. The summed E-state index contributed by atoms with van der Waals surface area (Å²) in [5.74, 6) is -0.960. The van der Waals surface area contributed by atoms with Gasteiger partial charge in [0.05, 0.1) is 0 Å². The number of esters is 1. The van der Waals surface area contributed by atoms with Crippen molar-refractivity contribution in [3.63, 3.8) is 0 Å². The summed E-state index contributed by atoms with van der Waals surface area (Å²) in [4.78, 5) is 11.4. The molecule has 0 saturated heterocycles. The van der Waals surface area contributed by atoms with Gasteiger partial charge in [-0.25, -0.2) is 4.79 Å². The molecule has 1 unspecified atom stereocenters. The topological polar surface area (TPSA) is 66.8 Å². The van der Waals surface area contributed by atoms with Crippen molar-refractivity contribution < 1.29 is 19.7 Å².